The molecule has 0 radical (unpaired) electrons. The van der Waals surface area contributed by atoms with Gasteiger partial charge in [0, 0.05) is 25.8 Å². The third-order valence-electron chi connectivity index (χ3n) is 3.40. The Morgan fingerprint density at radius 1 is 1.57 bits per heavy atom. The van der Waals surface area contributed by atoms with Gasteiger partial charge in [-0.2, -0.15) is 4.31 Å². The Morgan fingerprint density at radius 2 is 2.29 bits per heavy atom. The smallest absolute Gasteiger partial charge is 0.242 e. The second-order valence-corrected chi connectivity index (χ2v) is 7.41. The number of nitrogens with zero attached hydrogens (tertiary/aromatic N) is 1. The van der Waals surface area contributed by atoms with Gasteiger partial charge in [-0.1, -0.05) is 12.2 Å². The number of hydrogen-bond acceptors (Lipinski definition) is 4. The van der Waals surface area contributed by atoms with Crippen molar-refractivity contribution in [2.75, 3.05) is 20.2 Å². The molecule has 1 saturated heterocycles. The molecule has 1 heterocycles. The van der Waals surface area contributed by atoms with Crippen LogP contribution in [0.5, 0.6) is 0 Å². The van der Waals surface area contributed by atoms with Crippen molar-refractivity contribution in [1.82, 2.24) is 4.31 Å². The van der Waals surface area contributed by atoms with Crippen molar-refractivity contribution in [3.05, 3.63) is 29.6 Å². The molecule has 0 spiro atoms. The van der Waals surface area contributed by atoms with E-state index >= 15 is 0 Å². The van der Waals surface area contributed by atoms with E-state index in [2.05, 4.69) is 0 Å². The molecule has 1 aliphatic heterocycles. The first-order valence-corrected chi connectivity index (χ1v) is 8.34. The summed E-state index contributed by atoms with van der Waals surface area (Å²) in [4.78, 5) is -0.210. The molecule has 0 amide bonds. The summed E-state index contributed by atoms with van der Waals surface area (Å²) in [7, 11) is -2.25. The zero-order valence-corrected chi connectivity index (χ0v) is 13.2. The predicted octanol–water partition coefficient (Wildman–Crippen LogP) is 1.26. The summed E-state index contributed by atoms with van der Waals surface area (Å²) in [5, 5.41) is 0. The molecule has 2 rings (SSSR count). The van der Waals surface area contributed by atoms with Crippen molar-refractivity contribution < 1.29 is 17.5 Å². The molecule has 0 bridgehead atoms. The van der Waals surface area contributed by atoms with Crippen LogP contribution >= 0.6 is 12.2 Å². The molecule has 1 aliphatic rings. The van der Waals surface area contributed by atoms with Crippen LogP contribution in [-0.2, 0) is 14.8 Å². The first-order valence-electron chi connectivity index (χ1n) is 6.49. The number of rotatable bonds is 5. The Kier molecular flexibility index (Phi) is 4.92. The molecule has 1 aromatic carbocycles. The van der Waals surface area contributed by atoms with Crippen LogP contribution < -0.4 is 5.73 Å². The molecule has 1 fully saturated rings. The summed E-state index contributed by atoms with van der Waals surface area (Å²) in [6.45, 7) is 0.919. The van der Waals surface area contributed by atoms with Crippen molar-refractivity contribution in [3.63, 3.8) is 0 Å². The molecule has 0 aliphatic carbocycles. The third kappa shape index (κ3) is 3.57. The van der Waals surface area contributed by atoms with Gasteiger partial charge in [-0.3, -0.25) is 0 Å². The molecule has 2 N–H and O–H groups in total. The number of benzene rings is 1. The van der Waals surface area contributed by atoms with Crippen LogP contribution in [0.25, 0.3) is 0 Å². The predicted molar refractivity (Wildman–Crippen MR) is 81.1 cm³/mol. The lowest BCUT2D eigenvalue weighted by molar-refractivity contribution is 0.0979. The minimum Gasteiger partial charge on any atom is -0.389 e. The fourth-order valence-electron chi connectivity index (χ4n) is 2.21. The Balaban J connectivity index is 2.26. The van der Waals surface area contributed by atoms with E-state index in [-0.39, 0.29) is 28.1 Å². The zero-order valence-electron chi connectivity index (χ0n) is 11.6. The van der Waals surface area contributed by atoms with Crippen LogP contribution in [0, 0.1) is 5.82 Å². The minimum absolute atomic E-state index is 0.0350. The van der Waals surface area contributed by atoms with Gasteiger partial charge < -0.3 is 10.5 Å². The van der Waals surface area contributed by atoms with E-state index in [0.29, 0.717) is 6.61 Å². The van der Waals surface area contributed by atoms with Crippen molar-refractivity contribution in [1.29, 1.82) is 0 Å². The third-order valence-corrected chi connectivity index (χ3v) is 5.44. The van der Waals surface area contributed by atoms with E-state index < -0.39 is 15.8 Å². The van der Waals surface area contributed by atoms with Gasteiger partial charge in [0.2, 0.25) is 10.0 Å². The van der Waals surface area contributed by atoms with Crippen LogP contribution in [0.2, 0.25) is 0 Å². The Hall–Kier alpha value is -1.09. The topological polar surface area (TPSA) is 72.6 Å². The fourth-order valence-corrected chi connectivity index (χ4v) is 3.59. The van der Waals surface area contributed by atoms with Gasteiger partial charge in [-0.15, -0.1) is 0 Å². The molecule has 5 nitrogen and oxygen atoms in total. The Labute approximate surface area is 128 Å². The summed E-state index contributed by atoms with van der Waals surface area (Å²) in [5.74, 6) is -0.636. The van der Waals surface area contributed by atoms with E-state index in [1.54, 1.807) is 0 Å². The normalized spacial score (nSPS) is 19.1. The molecular formula is C13H17FN2O3S2. The first kappa shape index (κ1) is 16.3. The van der Waals surface area contributed by atoms with Gasteiger partial charge in [0.25, 0.3) is 0 Å². The quantitative estimate of drug-likeness (QED) is 0.822. The van der Waals surface area contributed by atoms with Crippen molar-refractivity contribution >= 4 is 27.2 Å². The highest BCUT2D eigenvalue weighted by molar-refractivity contribution is 7.89. The molecule has 0 aromatic heterocycles. The average Bonchev–Trinajstić information content (AvgIpc) is 2.91. The number of thiocarbonyl (C=S) groups is 1. The molecule has 8 heteroatoms. The number of ether oxygens (including phenoxy) is 1. The van der Waals surface area contributed by atoms with E-state index in [4.69, 9.17) is 22.7 Å². The molecule has 1 aromatic rings. The van der Waals surface area contributed by atoms with E-state index in [1.165, 1.54) is 23.5 Å². The maximum atomic E-state index is 13.5. The van der Waals surface area contributed by atoms with Gasteiger partial charge >= 0.3 is 0 Å². The van der Waals surface area contributed by atoms with Gasteiger partial charge in [0.1, 0.15) is 10.8 Å². The lowest BCUT2D eigenvalue weighted by Crippen LogP contribution is -2.34. The SMILES string of the molecule is CN(CC1CCCO1)S(=O)(=O)c1ccc(F)c(C(N)=S)c1. The van der Waals surface area contributed by atoms with Crippen LogP contribution in [0.4, 0.5) is 4.39 Å². The standard InChI is InChI=1S/C13H17FN2O3S2/c1-16(8-9-3-2-6-19-9)21(17,18)10-4-5-12(14)11(7-10)13(15)20/h4-5,7,9H,2-3,6,8H2,1H3,(H2,15,20). The molecular weight excluding hydrogens is 315 g/mol. The number of nitrogens with two attached hydrogens (primary N) is 1. The Morgan fingerprint density at radius 3 is 2.86 bits per heavy atom. The largest absolute Gasteiger partial charge is 0.389 e. The van der Waals surface area contributed by atoms with Crippen LogP contribution in [0.1, 0.15) is 18.4 Å². The zero-order chi connectivity index (χ0) is 15.6. The van der Waals surface area contributed by atoms with Crippen molar-refractivity contribution in [2.24, 2.45) is 5.73 Å². The number of likely N-dealkylation sites (N-methyl/N-ethyl adjacent to an activating group) is 1. The Bertz CT molecular complexity index is 643. The summed E-state index contributed by atoms with van der Waals surface area (Å²) in [6, 6.07) is 3.43. The van der Waals surface area contributed by atoms with Gasteiger partial charge in [-0.25, -0.2) is 12.8 Å². The number of halogens is 1. The minimum atomic E-state index is -3.73. The van der Waals surface area contributed by atoms with Gasteiger partial charge in [0.15, 0.2) is 0 Å². The number of sulfonamides is 1. The van der Waals surface area contributed by atoms with E-state index in [1.807, 2.05) is 0 Å². The summed E-state index contributed by atoms with van der Waals surface area (Å²) < 4.78 is 45.1. The maximum Gasteiger partial charge on any atom is 0.242 e. The van der Waals surface area contributed by atoms with Crippen LogP contribution in [0.15, 0.2) is 23.1 Å². The second-order valence-electron chi connectivity index (χ2n) is 4.93. The average molecular weight is 332 g/mol. The monoisotopic (exact) mass is 332 g/mol. The summed E-state index contributed by atoms with van der Waals surface area (Å²) >= 11 is 4.72. The van der Waals surface area contributed by atoms with Crippen molar-refractivity contribution in [2.45, 2.75) is 23.8 Å². The molecule has 1 atom stereocenters. The number of hydrogen-bond donors (Lipinski definition) is 1. The highest BCUT2D eigenvalue weighted by Crippen LogP contribution is 2.21. The summed E-state index contributed by atoms with van der Waals surface area (Å²) in [5.41, 5.74) is 5.33. The highest BCUT2D eigenvalue weighted by Gasteiger charge is 2.26. The lowest BCUT2D eigenvalue weighted by atomic mass is 10.2. The lowest BCUT2D eigenvalue weighted by Gasteiger charge is -2.20. The fraction of sp³-hybridized carbons (Fsp3) is 0.462. The second kappa shape index (κ2) is 6.35. The maximum absolute atomic E-state index is 13.5. The van der Waals surface area contributed by atoms with Crippen molar-refractivity contribution in [3.8, 4) is 0 Å². The molecule has 1 unspecified atom stereocenters. The summed E-state index contributed by atoms with van der Waals surface area (Å²) in [6.07, 6.45) is 1.67. The van der Waals surface area contributed by atoms with E-state index in [9.17, 15) is 12.8 Å². The van der Waals surface area contributed by atoms with Gasteiger partial charge in [-0.05, 0) is 31.0 Å². The van der Waals surface area contributed by atoms with Crippen LogP contribution in [-0.4, -0.2) is 44.0 Å². The highest BCUT2D eigenvalue weighted by atomic mass is 32.2. The van der Waals surface area contributed by atoms with Gasteiger partial charge in [0.05, 0.1) is 11.0 Å². The molecule has 0 saturated carbocycles. The van der Waals surface area contributed by atoms with Crippen LogP contribution in [0.3, 0.4) is 0 Å². The first-order chi connectivity index (χ1) is 9.82. The molecule has 21 heavy (non-hydrogen) atoms. The van der Waals surface area contributed by atoms with E-state index in [0.717, 1.165) is 18.9 Å². The molecule has 116 valence electrons.